The van der Waals surface area contributed by atoms with Gasteiger partial charge in [-0.05, 0) is 18.8 Å². The van der Waals surface area contributed by atoms with Gasteiger partial charge in [0.2, 0.25) is 5.95 Å². The third kappa shape index (κ3) is 2.56. The molecule has 1 saturated heterocycles. The fourth-order valence-corrected chi connectivity index (χ4v) is 2.30. The molecule has 0 aromatic carbocycles. The lowest BCUT2D eigenvalue weighted by Crippen LogP contribution is -2.47. The van der Waals surface area contributed by atoms with E-state index >= 15 is 0 Å². The van der Waals surface area contributed by atoms with Crippen LogP contribution in [0.25, 0.3) is 0 Å². The zero-order chi connectivity index (χ0) is 13.1. The van der Waals surface area contributed by atoms with Crippen LogP contribution in [0.4, 0.5) is 11.6 Å². The molecule has 18 heavy (non-hydrogen) atoms. The summed E-state index contributed by atoms with van der Waals surface area (Å²) in [7, 11) is 0. The van der Waals surface area contributed by atoms with Crippen LogP contribution in [0.3, 0.4) is 0 Å². The van der Waals surface area contributed by atoms with Gasteiger partial charge < -0.3 is 10.6 Å². The summed E-state index contributed by atoms with van der Waals surface area (Å²) in [5, 5.41) is 10.5. The molecule has 0 amide bonds. The van der Waals surface area contributed by atoms with Crippen molar-refractivity contribution in [3.8, 4) is 0 Å². The van der Waals surface area contributed by atoms with Crippen LogP contribution < -0.4 is 10.6 Å². The maximum absolute atomic E-state index is 10.5. The van der Waals surface area contributed by atoms with E-state index in [-0.39, 0.29) is 11.7 Å². The first-order valence-corrected chi connectivity index (χ1v) is 6.05. The molecule has 1 aliphatic rings. The topological polar surface area (TPSA) is 98.2 Å². The Balaban J connectivity index is 2.17. The molecular formula is C11H17N5O2. The van der Waals surface area contributed by atoms with Crippen LogP contribution in [0.15, 0.2) is 12.4 Å². The van der Waals surface area contributed by atoms with Gasteiger partial charge in [-0.2, -0.15) is 0 Å². The monoisotopic (exact) mass is 251 g/mol. The molecule has 0 radical (unpaired) electrons. The molecule has 1 fully saturated rings. The third-order valence-corrected chi connectivity index (χ3v) is 3.34. The van der Waals surface area contributed by atoms with E-state index in [2.05, 4.69) is 16.9 Å². The largest absolute Gasteiger partial charge is 0.337 e. The maximum Gasteiger partial charge on any atom is 0.305 e. The quantitative estimate of drug-likeness (QED) is 0.634. The Morgan fingerprint density at radius 2 is 2.22 bits per heavy atom. The first-order valence-electron chi connectivity index (χ1n) is 6.05. The molecule has 0 saturated carbocycles. The first kappa shape index (κ1) is 12.7. The van der Waals surface area contributed by atoms with Gasteiger partial charge in [0.1, 0.15) is 12.4 Å². The second-order valence-corrected chi connectivity index (χ2v) is 4.71. The lowest BCUT2D eigenvalue weighted by molar-refractivity contribution is -0.385. The van der Waals surface area contributed by atoms with Crippen molar-refractivity contribution in [1.29, 1.82) is 0 Å². The van der Waals surface area contributed by atoms with Gasteiger partial charge in [0.15, 0.2) is 0 Å². The van der Waals surface area contributed by atoms with E-state index in [0.717, 1.165) is 19.4 Å². The highest BCUT2D eigenvalue weighted by Crippen LogP contribution is 2.25. The molecule has 2 N–H and O–H groups in total. The van der Waals surface area contributed by atoms with Crippen LogP contribution >= 0.6 is 0 Å². The number of hydrogen-bond acceptors (Lipinski definition) is 6. The first-order chi connectivity index (χ1) is 8.61. The van der Waals surface area contributed by atoms with E-state index < -0.39 is 4.92 Å². The second kappa shape index (κ2) is 5.26. The van der Waals surface area contributed by atoms with Crippen molar-refractivity contribution in [3.63, 3.8) is 0 Å². The number of nitrogens with two attached hydrogens (primary N) is 1. The smallest absolute Gasteiger partial charge is 0.305 e. The van der Waals surface area contributed by atoms with Crippen LogP contribution in [-0.4, -0.2) is 34.0 Å². The Hall–Kier alpha value is -1.76. The molecule has 2 atom stereocenters. The zero-order valence-corrected chi connectivity index (χ0v) is 10.3. The fourth-order valence-electron chi connectivity index (χ4n) is 2.30. The summed E-state index contributed by atoms with van der Waals surface area (Å²) >= 11 is 0. The molecule has 7 nitrogen and oxygen atoms in total. The number of aromatic nitrogens is 2. The molecule has 0 bridgehead atoms. The van der Waals surface area contributed by atoms with Gasteiger partial charge in [0, 0.05) is 19.1 Å². The van der Waals surface area contributed by atoms with Crippen molar-refractivity contribution in [3.05, 3.63) is 22.5 Å². The average molecular weight is 251 g/mol. The van der Waals surface area contributed by atoms with E-state index in [1.807, 2.05) is 4.90 Å². The summed E-state index contributed by atoms with van der Waals surface area (Å²) < 4.78 is 0. The van der Waals surface area contributed by atoms with Crippen LogP contribution in [0.1, 0.15) is 19.8 Å². The number of nitrogens with zero attached hydrogens (tertiary/aromatic N) is 4. The molecule has 2 heterocycles. The van der Waals surface area contributed by atoms with Crippen molar-refractivity contribution in [2.45, 2.75) is 25.8 Å². The van der Waals surface area contributed by atoms with Gasteiger partial charge in [0.25, 0.3) is 0 Å². The SMILES string of the molecule is CC1CCN(c2ncc([N+](=O)[O-])cn2)C(CN)C1. The molecule has 1 aromatic heterocycles. The molecule has 98 valence electrons. The standard InChI is InChI=1S/C11H17N5O2/c1-8-2-3-15(9(4-8)5-12)11-13-6-10(7-14-11)16(17)18/h6-9H,2-5,12H2,1H3. The van der Waals surface area contributed by atoms with E-state index in [9.17, 15) is 10.1 Å². The number of nitro groups is 1. The van der Waals surface area contributed by atoms with Crippen LogP contribution in [-0.2, 0) is 0 Å². The average Bonchev–Trinajstić information content (AvgIpc) is 2.38. The molecule has 0 spiro atoms. The molecule has 2 rings (SSSR count). The molecule has 1 aromatic rings. The van der Waals surface area contributed by atoms with Crippen molar-refractivity contribution in [2.24, 2.45) is 11.7 Å². The van der Waals surface area contributed by atoms with Gasteiger partial charge in [-0.1, -0.05) is 6.92 Å². The summed E-state index contributed by atoms with van der Waals surface area (Å²) in [5.74, 6) is 1.18. The van der Waals surface area contributed by atoms with Crippen molar-refractivity contribution >= 4 is 11.6 Å². The van der Waals surface area contributed by atoms with Crippen LogP contribution in [0, 0.1) is 16.0 Å². The normalized spacial score (nSPS) is 24.0. The lowest BCUT2D eigenvalue weighted by Gasteiger charge is -2.37. The van der Waals surface area contributed by atoms with Gasteiger partial charge >= 0.3 is 5.69 Å². The van der Waals surface area contributed by atoms with Gasteiger partial charge in [-0.25, -0.2) is 9.97 Å². The molecule has 0 aliphatic carbocycles. The number of anilines is 1. The van der Waals surface area contributed by atoms with Crippen LogP contribution in [0.2, 0.25) is 0 Å². The third-order valence-electron chi connectivity index (χ3n) is 3.34. The summed E-state index contributed by atoms with van der Waals surface area (Å²) in [6.45, 7) is 3.60. The predicted molar refractivity (Wildman–Crippen MR) is 67.3 cm³/mol. The minimum Gasteiger partial charge on any atom is -0.337 e. The highest BCUT2D eigenvalue weighted by molar-refractivity contribution is 5.36. The second-order valence-electron chi connectivity index (χ2n) is 4.71. The zero-order valence-electron chi connectivity index (χ0n) is 10.3. The molecule has 2 unspecified atom stereocenters. The summed E-state index contributed by atoms with van der Waals surface area (Å²) in [5.41, 5.74) is 5.68. The van der Waals surface area contributed by atoms with Gasteiger partial charge in [-0.15, -0.1) is 0 Å². The van der Waals surface area contributed by atoms with E-state index in [1.54, 1.807) is 0 Å². The van der Waals surface area contributed by atoms with Gasteiger partial charge in [-0.3, -0.25) is 10.1 Å². The number of hydrogen-bond donors (Lipinski definition) is 1. The predicted octanol–water partition coefficient (Wildman–Crippen LogP) is 0.948. The van der Waals surface area contributed by atoms with Crippen molar-refractivity contribution in [2.75, 3.05) is 18.0 Å². The number of rotatable bonds is 3. The Morgan fingerprint density at radius 1 is 1.56 bits per heavy atom. The Labute approximate surface area is 105 Å². The van der Waals surface area contributed by atoms with Crippen molar-refractivity contribution < 1.29 is 4.92 Å². The Morgan fingerprint density at radius 3 is 2.78 bits per heavy atom. The molecule has 1 aliphatic heterocycles. The molecule has 7 heteroatoms. The van der Waals surface area contributed by atoms with E-state index in [4.69, 9.17) is 5.73 Å². The van der Waals surface area contributed by atoms with Crippen LogP contribution in [0.5, 0.6) is 0 Å². The fraction of sp³-hybridized carbons (Fsp3) is 0.636. The summed E-state index contributed by atoms with van der Waals surface area (Å²) in [6.07, 6.45) is 4.57. The molecular weight excluding hydrogens is 234 g/mol. The van der Waals surface area contributed by atoms with Gasteiger partial charge in [0.05, 0.1) is 4.92 Å². The summed E-state index contributed by atoms with van der Waals surface area (Å²) in [6, 6.07) is 0.218. The minimum atomic E-state index is -0.498. The van der Waals surface area contributed by atoms with E-state index in [0.29, 0.717) is 18.4 Å². The highest BCUT2D eigenvalue weighted by Gasteiger charge is 2.27. The lowest BCUT2D eigenvalue weighted by atomic mass is 9.93. The number of piperidine rings is 1. The van der Waals surface area contributed by atoms with Crippen molar-refractivity contribution in [1.82, 2.24) is 9.97 Å². The maximum atomic E-state index is 10.5. The summed E-state index contributed by atoms with van der Waals surface area (Å²) in [4.78, 5) is 20.2. The Kier molecular flexibility index (Phi) is 3.71. The van der Waals surface area contributed by atoms with E-state index in [1.165, 1.54) is 12.4 Å². The highest BCUT2D eigenvalue weighted by atomic mass is 16.6. The minimum absolute atomic E-state index is 0.0894. The Bertz CT molecular complexity index is 422.